The zero-order valence-electron chi connectivity index (χ0n) is 9.95. The molecular weight excluding hydrogens is 320 g/mol. The van der Waals surface area contributed by atoms with Gasteiger partial charge in [-0.2, -0.15) is 4.39 Å². The fourth-order valence-corrected chi connectivity index (χ4v) is 1.83. The summed E-state index contributed by atoms with van der Waals surface area (Å²) in [6, 6.07) is 2.34. The van der Waals surface area contributed by atoms with Gasteiger partial charge in [0.15, 0.2) is 11.6 Å². The van der Waals surface area contributed by atoms with E-state index in [1.54, 1.807) is 13.2 Å². The molecule has 19 heavy (non-hydrogen) atoms. The number of ether oxygens (including phenoxy) is 1. The van der Waals surface area contributed by atoms with E-state index in [2.05, 4.69) is 31.2 Å². The minimum Gasteiger partial charge on any atom is -0.434 e. The molecule has 7 heteroatoms. The van der Waals surface area contributed by atoms with Crippen molar-refractivity contribution in [3.63, 3.8) is 0 Å². The molecule has 2 aromatic rings. The van der Waals surface area contributed by atoms with Crippen molar-refractivity contribution in [3.05, 3.63) is 46.3 Å². The Bertz CT molecular complexity index is 595. The zero-order chi connectivity index (χ0) is 13.8. The highest BCUT2D eigenvalue weighted by molar-refractivity contribution is 9.10. The van der Waals surface area contributed by atoms with Crippen LogP contribution in [0.15, 0.2) is 29.0 Å². The van der Waals surface area contributed by atoms with Crippen molar-refractivity contribution < 1.29 is 13.5 Å². The van der Waals surface area contributed by atoms with Crippen LogP contribution in [0.25, 0.3) is 0 Å². The van der Waals surface area contributed by atoms with E-state index in [4.69, 9.17) is 4.74 Å². The molecule has 0 bridgehead atoms. The molecule has 0 amide bonds. The highest BCUT2D eigenvalue weighted by atomic mass is 79.9. The topological polar surface area (TPSA) is 47.0 Å². The normalized spacial score (nSPS) is 10.5. The molecule has 0 aliphatic rings. The van der Waals surface area contributed by atoms with Crippen molar-refractivity contribution in [1.29, 1.82) is 0 Å². The molecule has 1 aromatic carbocycles. The number of aromatic nitrogens is 2. The second-order valence-electron chi connectivity index (χ2n) is 3.68. The van der Waals surface area contributed by atoms with E-state index < -0.39 is 11.6 Å². The first-order valence-corrected chi connectivity index (χ1v) is 6.17. The average Bonchev–Trinajstić information content (AvgIpc) is 2.36. The maximum Gasteiger partial charge on any atom is 0.238 e. The predicted molar refractivity (Wildman–Crippen MR) is 68.9 cm³/mol. The lowest BCUT2D eigenvalue weighted by Gasteiger charge is -2.08. The zero-order valence-corrected chi connectivity index (χ0v) is 11.5. The summed E-state index contributed by atoms with van der Waals surface area (Å²) in [5.41, 5.74) is 0.635. The van der Waals surface area contributed by atoms with Gasteiger partial charge in [-0.05, 0) is 19.2 Å². The van der Waals surface area contributed by atoms with Gasteiger partial charge in [-0.3, -0.25) is 4.98 Å². The molecule has 2 rings (SSSR count). The Morgan fingerprint density at radius 1 is 1.32 bits per heavy atom. The lowest BCUT2D eigenvalue weighted by molar-refractivity contribution is 0.402. The van der Waals surface area contributed by atoms with Crippen LogP contribution in [0.2, 0.25) is 0 Å². The summed E-state index contributed by atoms with van der Waals surface area (Å²) in [6.45, 7) is 0.500. The Morgan fingerprint density at radius 3 is 2.84 bits per heavy atom. The first-order chi connectivity index (χ1) is 9.10. The van der Waals surface area contributed by atoms with E-state index in [-0.39, 0.29) is 11.6 Å². The second-order valence-corrected chi connectivity index (χ2v) is 4.60. The minimum absolute atomic E-state index is 0.101. The van der Waals surface area contributed by atoms with Crippen LogP contribution in [0.4, 0.5) is 8.78 Å². The predicted octanol–water partition coefficient (Wildman–Crippen LogP) is 3.03. The van der Waals surface area contributed by atoms with E-state index in [0.29, 0.717) is 16.7 Å². The van der Waals surface area contributed by atoms with Gasteiger partial charge in [-0.1, -0.05) is 15.9 Å². The quantitative estimate of drug-likeness (QED) is 0.876. The third-order valence-electron chi connectivity index (χ3n) is 2.19. The van der Waals surface area contributed by atoms with Crippen molar-refractivity contribution in [3.8, 4) is 11.6 Å². The first-order valence-electron chi connectivity index (χ1n) is 5.38. The lowest BCUT2D eigenvalue weighted by atomic mass is 10.3. The molecule has 0 radical (unpaired) electrons. The fourth-order valence-electron chi connectivity index (χ4n) is 1.42. The van der Waals surface area contributed by atoms with E-state index in [9.17, 15) is 8.78 Å². The van der Waals surface area contributed by atoms with Gasteiger partial charge in [0, 0.05) is 17.2 Å². The van der Waals surface area contributed by atoms with Gasteiger partial charge >= 0.3 is 0 Å². The van der Waals surface area contributed by atoms with Crippen LogP contribution in [0.5, 0.6) is 11.6 Å². The molecule has 100 valence electrons. The molecule has 0 atom stereocenters. The van der Waals surface area contributed by atoms with Crippen LogP contribution < -0.4 is 10.1 Å². The number of rotatable bonds is 4. The van der Waals surface area contributed by atoms with Crippen molar-refractivity contribution in [2.45, 2.75) is 6.54 Å². The van der Waals surface area contributed by atoms with Gasteiger partial charge in [-0.25, -0.2) is 9.37 Å². The van der Waals surface area contributed by atoms with Crippen molar-refractivity contribution in [2.75, 3.05) is 7.05 Å². The summed E-state index contributed by atoms with van der Waals surface area (Å²) < 4.78 is 32.3. The van der Waals surface area contributed by atoms with Gasteiger partial charge in [0.1, 0.15) is 0 Å². The molecule has 0 unspecified atom stereocenters. The summed E-state index contributed by atoms with van der Waals surface area (Å²) in [6.07, 6.45) is 2.89. The van der Waals surface area contributed by atoms with E-state index in [0.717, 1.165) is 6.07 Å². The lowest BCUT2D eigenvalue weighted by Crippen LogP contribution is -2.07. The van der Waals surface area contributed by atoms with Crippen LogP contribution in [0.3, 0.4) is 0 Å². The molecule has 0 aliphatic carbocycles. The summed E-state index contributed by atoms with van der Waals surface area (Å²) in [4.78, 5) is 8.03. The number of hydrogen-bond acceptors (Lipinski definition) is 4. The van der Waals surface area contributed by atoms with Gasteiger partial charge in [0.2, 0.25) is 11.7 Å². The largest absolute Gasteiger partial charge is 0.434 e. The van der Waals surface area contributed by atoms with Crippen LogP contribution in [0.1, 0.15) is 5.69 Å². The van der Waals surface area contributed by atoms with Crippen molar-refractivity contribution in [2.24, 2.45) is 0 Å². The van der Waals surface area contributed by atoms with Crippen LogP contribution in [-0.2, 0) is 6.54 Å². The Hall–Kier alpha value is -1.60. The van der Waals surface area contributed by atoms with E-state index in [1.165, 1.54) is 12.3 Å². The van der Waals surface area contributed by atoms with E-state index in [1.807, 2.05) is 0 Å². The van der Waals surface area contributed by atoms with Crippen molar-refractivity contribution >= 4 is 15.9 Å². The number of nitrogens with zero attached hydrogens (tertiary/aromatic N) is 2. The summed E-state index contributed by atoms with van der Waals surface area (Å²) in [7, 11) is 1.76. The number of halogens is 3. The molecule has 0 spiro atoms. The molecule has 1 heterocycles. The highest BCUT2D eigenvalue weighted by Gasteiger charge is 2.13. The minimum atomic E-state index is -1.07. The van der Waals surface area contributed by atoms with Crippen molar-refractivity contribution in [1.82, 2.24) is 15.3 Å². The molecular formula is C12H10BrF2N3O. The van der Waals surface area contributed by atoms with Crippen LogP contribution in [-0.4, -0.2) is 17.0 Å². The third-order valence-corrected chi connectivity index (χ3v) is 2.65. The summed E-state index contributed by atoms with van der Waals surface area (Å²) in [5, 5.41) is 2.91. The molecule has 1 N–H and O–H groups in total. The highest BCUT2D eigenvalue weighted by Crippen LogP contribution is 2.28. The molecule has 0 saturated carbocycles. The van der Waals surface area contributed by atoms with Crippen LogP contribution in [0, 0.1) is 11.6 Å². The molecule has 0 fully saturated rings. The number of hydrogen-bond donors (Lipinski definition) is 1. The van der Waals surface area contributed by atoms with Gasteiger partial charge in [0.25, 0.3) is 0 Å². The number of nitrogens with one attached hydrogen (secondary N) is 1. The van der Waals surface area contributed by atoms with Gasteiger partial charge < -0.3 is 10.1 Å². The third kappa shape index (κ3) is 3.45. The Morgan fingerprint density at radius 2 is 2.11 bits per heavy atom. The molecule has 1 aromatic heterocycles. The fraction of sp³-hybridized carbons (Fsp3) is 0.167. The maximum absolute atomic E-state index is 13.5. The standard InChI is InChI=1S/C12H10BrF2N3O/c1-16-4-8-5-17-6-11(18-8)19-10-3-7(13)2-9(14)12(10)15/h2-3,5-6,16H,4H2,1H3. The summed E-state index contributed by atoms with van der Waals surface area (Å²) in [5.74, 6) is -2.21. The van der Waals surface area contributed by atoms with Gasteiger partial charge in [-0.15, -0.1) is 0 Å². The van der Waals surface area contributed by atoms with Crippen LogP contribution >= 0.6 is 15.9 Å². The molecule has 4 nitrogen and oxygen atoms in total. The smallest absolute Gasteiger partial charge is 0.238 e. The molecule has 0 aliphatic heterocycles. The Balaban J connectivity index is 2.28. The second kappa shape index (κ2) is 6.03. The Labute approximate surface area is 117 Å². The SMILES string of the molecule is CNCc1cncc(Oc2cc(Br)cc(F)c2F)n1. The Kier molecular flexibility index (Phi) is 4.39. The monoisotopic (exact) mass is 329 g/mol. The van der Waals surface area contributed by atoms with Gasteiger partial charge in [0.05, 0.1) is 11.9 Å². The van der Waals surface area contributed by atoms with E-state index >= 15 is 0 Å². The maximum atomic E-state index is 13.5. The average molecular weight is 330 g/mol. The molecule has 0 saturated heterocycles. The number of benzene rings is 1. The summed E-state index contributed by atoms with van der Waals surface area (Å²) >= 11 is 3.07. The first kappa shape index (κ1) is 13.8.